The number of benzene rings is 1. The Morgan fingerprint density at radius 1 is 1.15 bits per heavy atom. The summed E-state index contributed by atoms with van der Waals surface area (Å²) >= 11 is 0. The Bertz CT molecular complexity index is 506. The SMILES string of the molecule is NCCOc1ccc(N2C(=O)C3CCC(O3)C2=O)cc1. The Hall–Kier alpha value is -1.92. The molecular formula is C14H16N2O4. The Morgan fingerprint density at radius 3 is 2.30 bits per heavy atom. The zero-order valence-electron chi connectivity index (χ0n) is 11.0. The number of rotatable bonds is 4. The largest absolute Gasteiger partial charge is 0.492 e. The van der Waals surface area contributed by atoms with Crippen molar-refractivity contribution in [3.8, 4) is 5.75 Å². The van der Waals surface area contributed by atoms with Gasteiger partial charge in [-0.2, -0.15) is 0 Å². The van der Waals surface area contributed by atoms with E-state index in [1.165, 1.54) is 4.90 Å². The Balaban J connectivity index is 1.81. The number of carbonyl (C=O) groups is 2. The second-order valence-corrected chi connectivity index (χ2v) is 4.83. The Kier molecular flexibility index (Phi) is 3.42. The van der Waals surface area contributed by atoms with Gasteiger partial charge in [0.05, 0.1) is 5.69 Å². The van der Waals surface area contributed by atoms with Gasteiger partial charge in [-0.1, -0.05) is 0 Å². The first-order chi connectivity index (χ1) is 9.70. The van der Waals surface area contributed by atoms with E-state index < -0.39 is 12.2 Å². The third kappa shape index (κ3) is 2.17. The maximum absolute atomic E-state index is 12.2. The molecule has 6 heteroatoms. The topological polar surface area (TPSA) is 81.9 Å². The van der Waals surface area contributed by atoms with E-state index in [9.17, 15) is 9.59 Å². The minimum Gasteiger partial charge on any atom is -0.492 e. The molecule has 2 unspecified atom stereocenters. The summed E-state index contributed by atoms with van der Waals surface area (Å²) in [6.45, 7) is 0.866. The highest BCUT2D eigenvalue weighted by Crippen LogP contribution is 2.32. The van der Waals surface area contributed by atoms with Crippen molar-refractivity contribution >= 4 is 17.5 Å². The maximum Gasteiger partial charge on any atom is 0.262 e. The summed E-state index contributed by atoms with van der Waals surface area (Å²) in [5.74, 6) is 0.106. The zero-order chi connectivity index (χ0) is 14.1. The minimum atomic E-state index is -0.481. The van der Waals surface area contributed by atoms with Crippen LogP contribution in [0.2, 0.25) is 0 Å². The van der Waals surface area contributed by atoms with Crippen LogP contribution in [0.1, 0.15) is 12.8 Å². The van der Waals surface area contributed by atoms with Crippen LogP contribution in [0.5, 0.6) is 5.75 Å². The smallest absolute Gasteiger partial charge is 0.262 e. The van der Waals surface area contributed by atoms with Gasteiger partial charge in [-0.15, -0.1) is 0 Å². The molecule has 1 aromatic rings. The molecular weight excluding hydrogens is 260 g/mol. The molecule has 6 nitrogen and oxygen atoms in total. The summed E-state index contributed by atoms with van der Waals surface area (Å²) in [6, 6.07) is 6.85. The number of nitrogens with zero attached hydrogens (tertiary/aromatic N) is 1. The molecule has 0 aromatic heterocycles. The first kappa shape index (κ1) is 13.1. The lowest BCUT2D eigenvalue weighted by Crippen LogP contribution is -2.52. The number of imide groups is 1. The summed E-state index contributed by atoms with van der Waals surface area (Å²) < 4.78 is 10.7. The van der Waals surface area contributed by atoms with Crippen molar-refractivity contribution in [2.45, 2.75) is 25.0 Å². The number of anilines is 1. The lowest BCUT2D eigenvalue weighted by molar-refractivity contribution is -0.146. The van der Waals surface area contributed by atoms with Crippen LogP contribution in [0.3, 0.4) is 0 Å². The van der Waals surface area contributed by atoms with Gasteiger partial charge >= 0.3 is 0 Å². The lowest BCUT2D eigenvalue weighted by atomic mass is 10.2. The average Bonchev–Trinajstić information content (AvgIpc) is 2.92. The molecule has 0 aliphatic carbocycles. The number of hydrogen-bond donors (Lipinski definition) is 1. The number of ether oxygens (including phenoxy) is 2. The van der Waals surface area contributed by atoms with Gasteiger partial charge in [0.15, 0.2) is 0 Å². The van der Waals surface area contributed by atoms with Crippen molar-refractivity contribution in [2.24, 2.45) is 5.73 Å². The number of hydrogen-bond acceptors (Lipinski definition) is 5. The number of nitrogens with two attached hydrogens (primary N) is 1. The molecule has 20 heavy (non-hydrogen) atoms. The van der Waals surface area contributed by atoms with E-state index in [2.05, 4.69) is 0 Å². The van der Waals surface area contributed by atoms with Gasteiger partial charge in [0, 0.05) is 6.54 Å². The normalized spacial score (nSPS) is 25.1. The standard InChI is InChI=1S/C14H16N2O4/c15-7-8-19-10-3-1-9(2-4-10)16-13(17)11-5-6-12(20-11)14(16)18/h1-4,11-12H,5-8,15H2. The fourth-order valence-corrected chi connectivity index (χ4v) is 2.52. The molecule has 2 aliphatic heterocycles. The van der Waals surface area contributed by atoms with E-state index in [1.807, 2.05) is 0 Å². The Morgan fingerprint density at radius 2 is 1.75 bits per heavy atom. The maximum atomic E-state index is 12.2. The molecule has 0 saturated carbocycles. The highest BCUT2D eigenvalue weighted by atomic mass is 16.5. The van der Waals surface area contributed by atoms with Crippen LogP contribution >= 0.6 is 0 Å². The van der Waals surface area contributed by atoms with Gasteiger partial charge in [0.25, 0.3) is 11.8 Å². The molecule has 2 bridgehead atoms. The van der Waals surface area contributed by atoms with Gasteiger partial charge in [-0.3, -0.25) is 9.59 Å². The molecule has 2 amide bonds. The first-order valence-corrected chi connectivity index (χ1v) is 6.67. The van der Waals surface area contributed by atoms with E-state index in [1.54, 1.807) is 24.3 Å². The molecule has 2 saturated heterocycles. The Labute approximate surface area is 116 Å². The molecule has 2 atom stereocenters. The van der Waals surface area contributed by atoms with Crippen LogP contribution in [-0.4, -0.2) is 37.2 Å². The summed E-state index contributed by atoms with van der Waals surface area (Å²) in [4.78, 5) is 25.6. The molecule has 0 spiro atoms. The monoisotopic (exact) mass is 276 g/mol. The molecule has 3 rings (SSSR count). The van der Waals surface area contributed by atoms with Crippen molar-refractivity contribution < 1.29 is 19.1 Å². The van der Waals surface area contributed by atoms with E-state index in [4.69, 9.17) is 15.2 Å². The lowest BCUT2D eigenvalue weighted by Gasteiger charge is -2.29. The van der Waals surface area contributed by atoms with Crippen molar-refractivity contribution in [3.63, 3.8) is 0 Å². The predicted molar refractivity (Wildman–Crippen MR) is 71.4 cm³/mol. The highest BCUT2D eigenvalue weighted by molar-refractivity contribution is 6.19. The van der Waals surface area contributed by atoms with E-state index in [-0.39, 0.29) is 11.8 Å². The second-order valence-electron chi connectivity index (χ2n) is 4.83. The van der Waals surface area contributed by atoms with Crippen LogP contribution in [0.4, 0.5) is 5.69 Å². The molecule has 2 fully saturated rings. The quantitative estimate of drug-likeness (QED) is 0.807. The third-order valence-electron chi connectivity index (χ3n) is 3.49. The zero-order valence-corrected chi connectivity index (χ0v) is 11.0. The van der Waals surface area contributed by atoms with E-state index >= 15 is 0 Å². The number of carbonyl (C=O) groups excluding carboxylic acids is 2. The summed E-state index contributed by atoms with van der Waals surface area (Å²) in [5.41, 5.74) is 5.92. The molecule has 2 N–H and O–H groups in total. The van der Waals surface area contributed by atoms with Crippen LogP contribution < -0.4 is 15.4 Å². The van der Waals surface area contributed by atoms with Crippen molar-refractivity contribution in [2.75, 3.05) is 18.1 Å². The summed E-state index contributed by atoms with van der Waals surface area (Å²) in [7, 11) is 0. The number of morpholine rings is 1. The van der Waals surface area contributed by atoms with Gasteiger partial charge in [0.2, 0.25) is 0 Å². The van der Waals surface area contributed by atoms with Crippen LogP contribution in [-0.2, 0) is 14.3 Å². The third-order valence-corrected chi connectivity index (χ3v) is 3.49. The first-order valence-electron chi connectivity index (χ1n) is 6.67. The van der Waals surface area contributed by atoms with E-state index in [0.717, 1.165) is 0 Å². The van der Waals surface area contributed by atoms with E-state index in [0.29, 0.717) is 37.4 Å². The molecule has 0 radical (unpaired) electrons. The van der Waals surface area contributed by atoms with Crippen molar-refractivity contribution in [3.05, 3.63) is 24.3 Å². The van der Waals surface area contributed by atoms with Gasteiger partial charge < -0.3 is 15.2 Å². The van der Waals surface area contributed by atoms with Crippen LogP contribution in [0.15, 0.2) is 24.3 Å². The predicted octanol–water partition coefficient (Wildman–Crippen LogP) is 0.445. The van der Waals surface area contributed by atoms with Crippen molar-refractivity contribution in [1.29, 1.82) is 0 Å². The average molecular weight is 276 g/mol. The second kappa shape index (κ2) is 5.22. The molecule has 106 valence electrons. The fourth-order valence-electron chi connectivity index (χ4n) is 2.52. The van der Waals surface area contributed by atoms with Crippen LogP contribution in [0.25, 0.3) is 0 Å². The molecule has 2 aliphatic rings. The summed E-state index contributed by atoms with van der Waals surface area (Å²) in [5, 5.41) is 0. The van der Waals surface area contributed by atoms with Gasteiger partial charge in [-0.25, -0.2) is 4.90 Å². The number of amides is 2. The van der Waals surface area contributed by atoms with Crippen molar-refractivity contribution in [1.82, 2.24) is 0 Å². The fraction of sp³-hybridized carbons (Fsp3) is 0.429. The van der Waals surface area contributed by atoms with Gasteiger partial charge in [-0.05, 0) is 37.1 Å². The number of fused-ring (bicyclic) bond motifs is 2. The minimum absolute atomic E-state index is 0.278. The molecule has 2 heterocycles. The molecule has 1 aromatic carbocycles. The summed E-state index contributed by atoms with van der Waals surface area (Å²) in [6.07, 6.45) is 0.268. The highest BCUT2D eigenvalue weighted by Gasteiger charge is 2.47. The van der Waals surface area contributed by atoms with Gasteiger partial charge in [0.1, 0.15) is 24.6 Å². The van der Waals surface area contributed by atoms with Crippen LogP contribution in [0, 0.1) is 0 Å².